The van der Waals surface area contributed by atoms with E-state index in [1.165, 1.54) is 18.5 Å². The Morgan fingerprint density at radius 3 is 2.41 bits per heavy atom. The van der Waals surface area contributed by atoms with E-state index >= 15 is 0 Å². The SMILES string of the molecule is CN(C)c1ccc(-c2nnc3c4cccc(N5CCCC5)c4cnn23)cc1. The van der Waals surface area contributed by atoms with E-state index in [-0.39, 0.29) is 0 Å². The van der Waals surface area contributed by atoms with E-state index in [4.69, 9.17) is 0 Å². The van der Waals surface area contributed by atoms with Gasteiger partial charge in [-0.05, 0) is 43.2 Å². The number of benzene rings is 2. The van der Waals surface area contributed by atoms with Gasteiger partial charge in [0.05, 0.1) is 6.20 Å². The molecule has 0 bridgehead atoms. The van der Waals surface area contributed by atoms with Gasteiger partial charge in [0, 0.05) is 54.9 Å². The molecule has 0 atom stereocenters. The molecule has 0 amide bonds. The highest BCUT2D eigenvalue weighted by Crippen LogP contribution is 2.31. The van der Waals surface area contributed by atoms with E-state index in [2.05, 4.69) is 67.6 Å². The van der Waals surface area contributed by atoms with Crippen LogP contribution in [0.25, 0.3) is 27.8 Å². The zero-order chi connectivity index (χ0) is 18.4. The van der Waals surface area contributed by atoms with Crippen LogP contribution in [-0.2, 0) is 0 Å². The molecule has 0 saturated carbocycles. The highest BCUT2D eigenvalue weighted by Gasteiger charge is 2.18. The third-order valence-electron chi connectivity index (χ3n) is 5.36. The maximum atomic E-state index is 4.69. The number of nitrogens with zero attached hydrogens (tertiary/aromatic N) is 6. The van der Waals surface area contributed by atoms with Gasteiger partial charge in [-0.1, -0.05) is 12.1 Å². The van der Waals surface area contributed by atoms with Crippen molar-refractivity contribution in [3.63, 3.8) is 0 Å². The monoisotopic (exact) mass is 358 g/mol. The van der Waals surface area contributed by atoms with Crippen LogP contribution in [0.5, 0.6) is 0 Å². The Hall–Kier alpha value is -3.15. The first-order valence-corrected chi connectivity index (χ1v) is 9.38. The number of fused-ring (bicyclic) bond motifs is 3. The minimum Gasteiger partial charge on any atom is -0.378 e. The maximum Gasteiger partial charge on any atom is 0.186 e. The fourth-order valence-corrected chi connectivity index (χ4v) is 3.88. The lowest BCUT2D eigenvalue weighted by molar-refractivity contribution is 0.940. The van der Waals surface area contributed by atoms with Gasteiger partial charge in [0.25, 0.3) is 0 Å². The minimum absolute atomic E-state index is 0.767. The summed E-state index contributed by atoms with van der Waals surface area (Å²) in [7, 11) is 4.07. The molecule has 0 N–H and O–H groups in total. The van der Waals surface area contributed by atoms with Crippen LogP contribution < -0.4 is 9.80 Å². The van der Waals surface area contributed by atoms with Crippen LogP contribution in [0.2, 0.25) is 0 Å². The lowest BCUT2D eigenvalue weighted by atomic mass is 10.1. The van der Waals surface area contributed by atoms with E-state index < -0.39 is 0 Å². The molecular weight excluding hydrogens is 336 g/mol. The van der Waals surface area contributed by atoms with Gasteiger partial charge in [-0.2, -0.15) is 9.61 Å². The first kappa shape index (κ1) is 16.1. The van der Waals surface area contributed by atoms with Crippen molar-refractivity contribution in [1.29, 1.82) is 0 Å². The third kappa shape index (κ3) is 2.60. The van der Waals surface area contributed by atoms with E-state index in [9.17, 15) is 0 Å². The first-order chi connectivity index (χ1) is 13.2. The standard InChI is InChI=1S/C21H22N6/c1-25(2)16-10-8-15(9-11-16)20-23-24-21-17-6-5-7-19(26-12-3-4-13-26)18(17)14-22-27(20)21/h5-11,14H,3-4,12-13H2,1-2H3. The predicted octanol–water partition coefficient (Wildman–Crippen LogP) is 3.61. The van der Waals surface area contributed by atoms with Gasteiger partial charge in [-0.25, -0.2) is 0 Å². The molecule has 1 aliphatic heterocycles. The van der Waals surface area contributed by atoms with Crippen molar-refractivity contribution < 1.29 is 0 Å². The van der Waals surface area contributed by atoms with Gasteiger partial charge in [0.2, 0.25) is 0 Å². The normalized spacial score (nSPS) is 14.4. The molecule has 4 aromatic rings. The van der Waals surface area contributed by atoms with Gasteiger partial charge in [0.1, 0.15) is 0 Å². The van der Waals surface area contributed by atoms with Crippen LogP contribution in [0, 0.1) is 0 Å². The van der Waals surface area contributed by atoms with Gasteiger partial charge in [-0.15, -0.1) is 10.2 Å². The molecular formula is C21H22N6. The largest absolute Gasteiger partial charge is 0.378 e. The molecule has 5 rings (SSSR count). The molecule has 2 aromatic heterocycles. The molecule has 136 valence electrons. The van der Waals surface area contributed by atoms with Crippen LogP contribution in [0.3, 0.4) is 0 Å². The summed E-state index contributed by atoms with van der Waals surface area (Å²) in [5.74, 6) is 0.767. The lowest BCUT2D eigenvalue weighted by Gasteiger charge is -2.19. The fourth-order valence-electron chi connectivity index (χ4n) is 3.88. The quantitative estimate of drug-likeness (QED) is 0.560. The zero-order valence-corrected chi connectivity index (χ0v) is 15.6. The molecule has 2 aromatic carbocycles. The van der Waals surface area contributed by atoms with Gasteiger partial charge >= 0.3 is 0 Å². The molecule has 6 heteroatoms. The number of aromatic nitrogens is 4. The van der Waals surface area contributed by atoms with Crippen molar-refractivity contribution in [2.75, 3.05) is 37.0 Å². The summed E-state index contributed by atoms with van der Waals surface area (Å²) < 4.78 is 1.85. The Balaban J connectivity index is 1.64. The van der Waals surface area contributed by atoms with Gasteiger partial charge < -0.3 is 9.80 Å². The summed E-state index contributed by atoms with van der Waals surface area (Å²) in [6.07, 6.45) is 4.46. The van der Waals surface area contributed by atoms with E-state index in [1.807, 2.05) is 24.8 Å². The number of hydrogen-bond donors (Lipinski definition) is 0. The molecule has 0 radical (unpaired) electrons. The van der Waals surface area contributed by atoms with Crippen molar-refractivity contribution in [3.05, 3.63) is 48.7 Å². The molecule has 1 fully saturated rings. The van der Waals surface area contributed by atoms with Crippen LogP contribution in [0.15, 0.2) is 48.7 Å². The second-order valence-corrected chi connectivity index (χ2v) is 7.28. The number of anilines is 2. The smallest absolute Gasteiger partial charge is 0.186 e. The van der Waals surface area contributed by atoms with Crippen molar-refractivity contribution in [1.82, 2.24) is 19.8 Å². The second kappa shape index (κ2) is 6.23. The molecule has 0 unspecified atom stereocenters. The summed E-state index contributed by atoms with van der Waals surface area (Å²) in [4.78, 5) is 4.52. The Kier molecular flexibility index (Phi) is 3.70. The Morgan fingerprint density at radius 1 is 0.889 bits per heavy atom. The zero-order valence-electron chi connectivity index (χ0n) is 15.6. The average molecular weight is 358 g/mol. The van der Waals surface area contributed by atoms with Crippen LogP contribution in [0.4, 0.5) is 11.4 Å². The van der Waals surface area contributed by atoms with Gasteiger partial charge in [-0.3, -0.25) is 0 Å². The van der Waals surface area contributed by atoms with Crippen LogP contribution >= 0.6 is 0 Å². The molecule has 0 aliphatic carbocycles. The van der Waals surface area contributed by atoms with Crippen LogP contribution in [0.1, 0.15) is 12.8 Å². The Labute approximate surface area is 158 Å². The minimum atomic E-state index is 0.767. The summed E-state index contributed by atoms with van der Waals surface area (Å²) in [6, 6.07) is 14.7. The molecule has 1 aliphatic rings. The van der Waals surface area contributed by atoms with Crippen molar-refractivity contribution in [3.8, 4) is 11.4 Å². The fraction of sp³-hybridized carbons (Fsp3) is 0.286. The lowest BCUT2D eigenvalue weighted by Crippen LogP contribution is -2.17. The van der Waals surface area contributed by atoms with E-state index in [1.54, 1.807) is 0 Å². The molecule has 1 saturated heterocycles. The average Bonchev–Trinajstić information content (AvgIpc) is 3.37. The summed E-state index contributed by atoms with van der Waals surface area (Å²) in [5, 5.41) is 15.8. The molecule has 6 nitrogen and oxygen atoms in total. The first-order valence-electron chi connectivity index (χ1n) is 9.38. The maximum absolute atomic E-state index is 4.69. The van der Waals surface area contributed by atoms with Crippen molar-refractivity contribution >= 4 is 27.8 Å². The second-order valence-electron chi connectivity index (χ2n) is 7.28. The van der Waals surface area contributed by atoms with Gasteiger partial charge in [0.15, 0.2) is 11.5 Å². The number of hydrogen-bond acceptors (Lipinski definition) is 5. The Bertz CT molecular complexity index is 1110. The number of rotatable bonds is 3. The molecule has 0 spiro atoms. The summed E-state index contributed by atoms with van der Waals surface area (Å²) in [6.45, 7) is 2.22. The molecule has 27 heavy (non-hydrogen) atoms. The summed E-state index contributed by atoms with van der Waals surface area (Å²) >= 11 is 0. The predicted molar refractivity (Wildman–Crippen MR) is 109 cm³/mol. The van der Waals surface area contributed by atoms with E-state index in [0.717, 1.165) is 46.6 Å². The van der Waals surface area contributed by atoms with Crippen LogP contribution in [-0.4, -0.2) is 47.0 Å². The highest BCUT2D eigenvalue weighted by atomic mass is 15.4. The highest BCUT2D eigenvalue weighted by molar-refractivity contribution is 6.01. The van der Waals surface area contributed by atoms with Crippen molar-refractivity contribution in [2.45, 2.75) is 12.8 Å². The molecule has 3 heterocycles. The Morgan fingerprint density at radius 2 is 1.67 bits per heavy atom. The van der Waals surface area contributed by atoms with E-state index in [0.29, 0.717) is 0 Å². The third-order valence-corrected chi connectivity index (χ3v) is 5.36. The summed E-state index contributed by atoms with van der Waals surface area (Å²) in [5.41, 5.74) is 4.22. The van der Waals surface area contributed by atoms with Crippen molar-refractivity contribution in [2.24, 2.45) is 0 Å². The topological polar surface area (TPSA) is 49.6 Å².